The van der Waals surface area contributed by atoms with Crippen molar-refractivity contribution in [3.8, 4) is 11.5 Å². The molecule has 0 spiro atoms. The van der Waals surface area contributed by atoms with Crippen LogP contribution in [0.25, 0.3) is 16.8 Å². The van der Waals surface area contributed by atoms with E-state index in [9.17, 15) is 14.4 Å². The maximum atomic E-state index is 14.3. The van der Waals surface area contributed by atoms with Crippen molar-refractivity contribution in [3.63, 3.8) is 0 Å². The van der Waals surface area contributed by atoms with E-state index in [2.05, 4.69) is 0 Å². The predicted molar refractivity (Wildman–Crippen MR) is 144 cm³/mol. The molecule has 4 aromatic carbocycles. The van der Waals surface area contributed by atoms with Crippen LogP contribution in [0.1, 0.15) is 27.5 Å². The number of amides is 2. The maximum Gasteiger partial charge on any atom is 0.240 e. The molecule has 0 aromatic heterocycles. The number of imide groups is 1. The van der Waals surface area contributed by atoms with Crippen LogP contribution in [-0.4, -0.2) is 35.3 Å². The molecule has 4 aliphatic rings. The van der Waals surface area contributed by atoms with E-state index in [4.69, 9.17) is 9.47 Å². The highest BCUT2D eigenvalue weighted by molar-refractivity contribution is 6.27. The standard InChI is InChI=1S/C32H22N2O5/c35-30(20-12-13-24-25(16-20)39-17-38-24)29-27-26(28-22-10-4-2-7-19(22)14-15-33(28)29)31(36)34(32(27)37)23-11-5-8-18-6-1-3-9-21(18)23/h1-16,26-29H,17H2/t26-,27+,28-,29-/m0/s1. The molecule has 8 rings (SSSR count). The van der Waals surface area contributed by atoms with Crippen LogP contribution >= 0.6 is 0 Å². The number of carbonyl (C=O) groups excluding carboxylic acids is 3. The number of hydrogen-bond acceptors (Lipinski definition) is 6. The molecular formula is C32H22N2O5. The first-order valence-corrected chi connectivity index (χ1v) is 13.0. The molecule has 190 valence electrons. The highest BCUT2D eigenvalue weighted by Crippen LogP contribution is 2.54. The smallest absolute Gasteiger partial charge is 0.240 e. The van der Waals surface area contributed by atoms with Gasteiger partial charge in [-0.1, -0.05) is 60.7 Å². The molecule has 0 unspecified atom stereocenters. The molecule has 4 atom stereocenters. The summed E-state index contributed by atoms with van der Waals surface area (Å²) in [6.07, 6.45) is 3.81. The topological polar surface area (TPSA) is 76.1 Å². The number of ether oxygens (including phenoxy) is 2. The third-order valence-electron chi connectivity index (χ3n) is 8.39. The second-order valence-electron chi connectivity index (χ2n) is 10.3. The van der Waals surface area contributed by atoms with Gasteiger partial charge in [0.2, 0.25) is 18.6 Å². The maximum absolute atomic E-state index is 14.3. The molecule has 2 saturated heterocycles. The van der Waals surface area contributed by atoms with Crippen LogP contribution in [0.2, 0.25) is 0 Å². The highest BCUT2D eigenvalue weighted by Gasteiger charge is 2.64. The Kier molecular flexibility index (Phi) is 4.56. The number of benzene rings is 4. The van der Waals surface area contributed by atoms with Crippen LogP contribution in [0, 0.1) is 11.8 Å². The molecule has 7 heteroatoms. The van der Waals surface area contributed by atoms with Gasteiger partial charge in [-0.15, -0.1) is 0 Å². The van der Waals surface area contributed by atoms with Crippen molar-refractivity contribution in [2.45, 2.75) is 12.1 Å². The van der Waals surface area contributed by atoms with Crippen molar-refractivity contribution in [2.75, 3.05) is 11.7 Å². The predicted octanol–water partition coefficient (Wildman–Crippen LogP) is 4.97. The largest absolute Gasteiger partial charge is 0.454 e. The summed E-state index contributed by atoms with van der Waals surface area (Å²) in [7, 11) is 0. The normalized spacial score (nSPS) is 24.2. The highest BCUT2D eigenvalue weighted by atomic mass is 16.7. The van der Waals surface area contributed by atoms with Crippen molar-refractivity contribution >= 4 is 40.1 Å². The van der Waals surface area contributed by atoms with E-state index in [0.29, 0.717) is 22.7 Å². The molecule has 2 fully saturated rings. The summed E-state index contributed by atoms with van der Waals surface area (Å²) in [5, 5.41) is 1.76. The van der Waals surface area contributed by atoms with Crippen molar-refractivity contribution < 1.29 is 23.9 Å². The summed E-state index contributed by atoms with van der Waals surface area (Å²) in [5.41, 5.74) is 2.90. The minimum atomic E-state index is -0.846. The van der Waals surface area contributed by atoms with E-state index in [1.807, 2.05) is 77.8 Å². The Hall–Kier alpha value is -4.91. The van der Waals surface area contributed by atoms with Gasteiger partial charge in [0.05, 0.1) is 23.6 Å². The average Bonchev–Trinajstić information content (AvgIpc) is 3.65. The second kappa shape index (κ2) is 8.04. The van der Waals surface area contributed by atoms with Gasteiger partial charge in [-0.2, -0.15) is 0 Å². The van der Waals surface area contributed by atoms with E-state index in [1.165, 1.54) is 4.90 Å². The summed E-state index contributed by atoms with van der Waals surface area (Å²) in [6.45, 7) is 0.0990. The summed E-state index contributed by atoms with van der Waals surface area (Å²) < 4.78 is 10.9. The first-order valence-electron chi connectivity index (χ1n) is 13.0. The number of anilines is 1. The van der Waals surface area contributed by atoms with E-state index >= 15 is 0 Å². The van der Waals surface area contributed by atoms with E-state index in [1.54, 1.807) is 24.3 Å². The van der Waals surface area contributed by atoms with E-state index in [0.717, 1.165) is 21.9 Å². The lowest BCUT2D eigenvalue weighted by molar-refractivity contribution is -0.123. The molecule has 0 aliphatic carbocycles. The van der Waals surface area contributed by atoms with Crippen LogP contribution in [0.15, 0.2) is 91.1 Å². The Labute approximate surface area is 223 Å². The molecule has 0 radical (unpaired) electrons. The third-order valence-corrected chi connectivity index (χ3v) is 8.39. The van der Waals surface area contributed by atoms with Crippen LogP contribution < -0.4 is 14.4 Å². The summed E-state index contributed by atoms with van der Waals surface area (Å²) in [6, 6.07) is 25.0. The Morgan fingerprint density at radius 3 is 2.49 bits per heavy atom. The van der Waals surface area contributed by atoms with Crippen LogP contribution in [-0.2, 0) is 9.59 Å². The molecule has 2 amide bonds. The summed E-state index contributed by atoms with van der Waals surface area (Å²) >= 11 is 0. The lowest BCUT2D eigenvalue weighted by Gasteiger charge is -2.35. The van der Waals surface area contributed by atoms with Gasteiger partial charge < -0.3 is 14.4 Å². The Balaban J connectivity index is 1.29. The lowest BCUT2D eigenvalue weighted by Crippen LogP contribution is -2.44. The van der Waals surface area contributed by atoms with Crippen molar-refractivity contribution in [3.05, 3.63) is 108 Å². The number of nitrogens with zero attached hydrogens (tertiary/aromatic N) is 2. The number of fused-ring (bicyclic) bond motifs is 7. The molecular weight excluding hydrogens is 492 g/mol. The molecule has 7 nitrogen and oxygen atoms in total. The second-order valence-corrected chi connectivity index (χ2v) is 10.3. The molecule has 0 N–H and O–H groups in total. The molecule has 4 heterocycles. The number of rotatable bonds is 3. The van der Waals surface area contributed by atoms with Gasteiger partial charge in [-0.25, -0.2) is 4.90 Å². The quantitative estimate of drug-likeness (QED) is 0.284. The zero-order valence-corrected chi connectivity index (χ0v) is 20.7. The van der Waals surface area contributed by atoms with Gasteiger partial charge in [0.15, 0.2) is 17.3 Å². The Morgan fingerprint density at radius 1 is 0.795 bits per heavy atom. The lowest BCUT2D eigenvalue weighted by atomic mass is 9.83. The van der Waals surface area contributed by atoms with Gasteiger partial charge in [0.1, 0.15) is 6.04 Å². The number of ketones is 1. The number of carbonyl (C=O) groups is 3. The first kappa shape index (κ1) is 22.1. The summed E-state index contributed by atoms with van der Waals surface area (Å²) in [5.74, 6) is -1.31. The fraction of sp³-hybridized carbons (Fsp3) is 0.156. The van der Waals surface area contributed by atoms with Gasteiger partial charge in [0, 0.05) is 17.1 Å². The van der Waals surface area contributed by atoms with Crippen LogP contribution in [0.3, 0.4) is 0 Å². The van der Waals surface area contributed by atoms with Crippen molar-refractivity contribution in [1.82, 2.24) is 4.90 Å². The van der Waals surface area contributed by atoms with Crippen LogP contribution in [0.4, 0.5) is 5.69 Å². The Morgan fingerprint density at radius 2 is 1.56 bits per heavy atom. The zero-order chi connectivity index (χ0) is 26.2. The van der Waals surface area contributed by atoms with Gasteiger partial charge in [-0.3, -0.25) is 14.4 Å². The summed E-state index contributed by atoms with van der Waals surface area (Å²) in [4.78, 5) is 46.0. The zero-order valence-electron chi connectivity index (χ0n) is 20.7. The van der Waals surface area contributed by atoms with Crippen molar-refractivity contribution in [1.29, 1.82) is 0 Å². The van der Waals surface area contributed by atoms with Gasteiger partial charge in [-0.05, 0) is 46.9 Å². The molecule has 4 aliphatic heterocycles. The molecule has 0 bridgehead atoms. The minimum absolute atomic E-state index is 0.0990. The Bertz CT molecular complexity index is 1760. The van der Waals surface area contributed by atoms with Crippen LogP contribution in [0.5, 0.6) is 11.5 Å². The SMILES string of the molecule is O=C(c1ccc2c(c1)OCO2)[C@@H]1[C@@H]2C(=O)N(c3cccc4ccccc34)C(=O)[C@@H]2[C@@H]2c3ccccc3C=CN12. The molecule has 39 heavy (non-hydrogen) atoms. The third kappa shape index (κ3) is 3.01. The fourth-order valence-corrected chi connectivity index (χ4v) is 6.72. The number of Topliss-reactive ketones (excluding diaryl/α,β-unsaturated/α-hetero) is 1. The minimum Gasteiger partial charge on any atom is -0.454 e. The first-order chi connectivity index (χ1) is 19.1. The monoisotopic (exact) mass is 514 g/mol. The van der Waals surface area contributed by atoms with E-state index < -0.39 is 23.9 Å². The number of hydrogen-bond donors (Lipinski definition) is 0. The molecule has 4 aromatic rings. The van der Waals surface area contributed by atoms with Gasteiger partial charge in [0.25, 0.3) is 0 Å². The van der Waals surface area contributed by atoms with Gasteiger partial charge >= 0.3 is 0 Å². The molecule has 0 saturated carbocycles. The van der Waals surface area contributed by atoms with E-state index in [-0.39, 0.29) is 24.4 Å². The fourth-order valence-electron chi connectivity index (χ4n) is 6.72. The van der Waals surface area contributed by atoms with Crippen molar-refractivity contribution in [2.24, 2.45) is 11.8 Å². The average molecular weight is 515 g/mol.